The molecule has 0 aromatic heterocycles. The molecule has 30 heavy (non-hydrogen) atoms. The van der Waals surface area contributed by atoms with E-state index in [0.29, 0.717) is 17.8 Å². The molecule has 5 nitrogen and oxygen atoms in total. The van der Waals surface area contributed by atoms with E-state index in [9.17, 15) is 13.2 Å². The molecule has 0 bridgehead atoms. The lowest BCUT2D eigenvalue weighted by molar-refractivity contribution is 0.0954. The number of anilines is 1. The number of sulfonamides is 1. The third kappa shape index (κ3) is 4.89. The van der Waals surface area contributed by atoms with Crippen LogP contribution < -0.4 is 9.62 Å². The number of nitrogens with zero attached hydrogens (tertiary/aromatic N) is 1. The van der Waals surface area contributed by atoms with Crippen LogP contribution in [0.15, 0.2) is 83.8 Å². The normalized spacial score (nSPS) is 11.1. The summed E-state index contributed by atoms with van der Waals surface area (Å²) in [5, 5.41) is 2.85. The van der Waals surface area contributed by atoms with E-state index < -0.39 is 10.0 Å². The predicted octanol–water partition coefficient (Wildman–Crippen LogP) is 4.53. The van der Waals surface area contributed by atoms with E-state index in [4.69, 9.17) is 0 Å². The van der Waals surface area contributed by atoms with Gasteiger partial charge in [0.15, 0.2) is 0 Å². The average Bonchev–Trinajstić information content (AvgIpc) is 2.77. The maximum absolute atomic E-state index is 13.6. The zero-order valence-corrected chi connectivity index (χ0v) is 18.0. The van der Waals surface area contributed by atoms with Gasteiger partial charge < -0.3 is 5.32 Å². The molecule has 3 aromatic carbocycles. The van der Waals surface area contributed by atoms with Gasteiger partial charge in [0.05, 0.1) is 22.7 Å². The predicted molar refractivity (Wildman–Crippen MR) is 120 cm³/mol. The van der Waals surface area contributed by atoms with Crippen LogP contribution in [-0.2, 0) is 16.6 Å². The Labute approximate surface area is 178 Å². The minimum atomic E-state index is -3.89. The zero-order valence-electron chi connectivity index (χ0n) is 17.2. The first-order valence-corrected chi connectivity index (χ1v) is 11.4. The fraction of sp³-hybridized carbons (Fsp3) is 0.208. The highest BCUT2D eigenvalue weighted by atomic mass is 32.2. The summed E-state index contributed by atoms with van der Waals surface area (Å²) in [6.45, 7) is 4.52. The Morgan fingerprint density at radius 1 is 0.900 bits per heavy atom. The molecule has 0 aliphatic rings. The second-order valence-electron chi connectivity index (χ2n) is 7.08. The standard InChI is InChI=1S/C24H26N2O3S/c1-3-17-25-24(27)22-11-7-8-12-23(22)26(18-20-9-5-4-6-10-20)30(28,29)21-15-13-19(2)14-16-21/h4-16H,3,17-18H2,1-2H3,(H,25,27). The van der Waals surface area contributed by atoms with Crippen molar-refractivity contribution in [2.75, 3.05) is 10.8 Å². The molecule has 156 valence electrons. The first-order valence-electron chi connectivity index (χ1n) is 9.94. The minimum Gasteiger partial charge on any atom is -0.352 e. The first-order chi connectivity index (χ1) is 14.4. The number of hydrogen-bond donors (Lipinski definition) is 1. The lowest BCUT2D eigenvalue weighted by atomic mass is 10.1. The van der Waals surface area contributed by atoms with E-state index in [1.54, 1.807) is 48.5 Å². The number of aryl methyl sites for hydroxylation is 1. The first kappa shape index (κ1) is 21.6. The van der Waals surface area contributed by atoms with E-state index in [2.05, 4.69) is 5.32 Å². The Hall–Kier alpha value is -3.12. The Balaban J connectivity index is 2.11. The summed E-state index contributed by atoms with van der Waals surface area (Å²) in [7, 11) is -3.89. The summed E-state index contributed by atoms with van der Waals surface area (Å²) in [6.07, 6.45) is 0.795. The van der Waals surface area contributed by atoms with Gasteiger partial charge in [-0.2, -0.15) is 0 Å². The number of nitrogens with one attached hydrogen (secondary N) is 1. The summed E-state index contributed by atoms with van der Waals surface area (Å²) in [5.74, 6) is -0.287. The number of para-hydroxylation sites is 1. The molecule has 0 aliphatic carbocycles. The van der Waals surface area contributed by atoms with Crippen molar-refractivity contribution >= 4 is 21.6 Å². The quantitative estimate of drug-likeness (QED) is 0.580. The van der Waals surface area contributed by atoms with Crippen molar-refractivity contribution < 1.29 is 13.2 Å². The molecule has 0 spiro atoms. The highest BCUT2D eigenvalue weighted by Gasteiger charge is 2.28. The summed E-state index contributed by atoms with van der Waals surface area (Å²) in [5.41, 5.74) is 2.49. The van der Waals surface area contributed by atoms with Crippen LogP contribution in [0.2, 0.25) is 0 Å². The molecule has 6 heteroatoms. The van der Waals surface area contributed by atoms with Crippen LogP contribution in [-0.4, -0.2) is 20.9 Å². The molecule has 0 radical (unpaired) electrons. The molecule has 0 saturated heterocycles. The molecule has 0 saturated carbocycles. The van der Waals surface area contributed by atoms with Gasteiger partial charge in [0.1, 0.15) is 0 Å². The van der Waals surface area contributed by atoms with Crippen LogP contribution >= 0.6 is 0 Å². The molecule has 0 unspecified atom stereocenters. The molecule has 0 heterocycles. The van der Waals surface area contributed by atoms with E-state index in [1.165, 1.54) is 4.31 Å². The van der Waals surface area contributed by atoms with Gasteiger partial charge in [-0.25, -0.2) is 8.42 Å². The van der Waals surface area contributed by atoms with Crippen molar-refractivity contribution in [3.05, 3.63) is 95.6 Å². The monoisotopic (exact) mass is 422 g/mol. The lowest BCUT2D eigenvalue weighted by Crippen LogP contribution is -2.33. The number of benzene rings is 3. The fourth-order valence-electron chi connectivity index (χ4n) is 3.10. The molecule has 1 N–H and O–H groups in total. The zero-order chi connectivity index (χ0) is 21.6. The Morgan fingerprint density at radius 2 is 1.53 bits per heavy atom. The molecular formula is C24H26N2O3S. The lowest BCUT2D eigenvalue weighted by Gasteiger charge is -2.26. The van der Waals surface area contributed by atoms with Gasteiger partial charge in [0.2, 0.25) is 0 Å². The SMILES string of the molecule is CCCNC(=O)c1ccccc1N(Cc1ccccc1)S(=O)(=O)c1ccc(C)cc1. The Bertz CT molecular complexity index is 1090. The molecule has 0 fully saturated rings. The number of carbonyl (C=O) groups is 1. The maximum Gasteiger partial charge on any atom is 0.264 e. The van der Waals surface area contributed by atoms with Gasteiger partial charge in [-0.05, 0) is 43.2 Å². The number of carbonyl (C=O) groups excluding carboxylic acids is 1. The average molecular weight is 423 g/mol. The Kier molecular flexibility index (Phi) is 6.90. The highest BCUT2D eigenvalue weighted by Crippen LogP contribution is 2.29. The van der Waals surface area contributed by atoms with E-state index in [-0.39, 0.29) is 17.3 Å². The van der Waals surface area contributed by atoms with Gasteiger partial charge >= 0.3 is 0 Å². The number of hydrogen-bond acceptors (Lipinski definition) is 3. The molecule has 3 aromatic rings. The van der Waals surface area contributed by atoms with Crippen molar-refractivity contribution in [2.24, 2.45) is 0 Å². The second kappa shape index (κ2) is 9.59. The van der Waals surface area contributed by atoms with Crippen molar-refractivity contribution in [2.45, 2.75) is 31.7 Å². The van der Waals surface area contributed by atoms with Crippen LogP contribution in [0.3, 0.4) is 0 Å². The van der Waals surface area contributed by atoms with Gasteiger partial charge in [0, 0.05) is 6.54 Å². The van der Waals surface area contributed by atoms with Crippen LogP contribution in [0, 0.1) is 6.92 Å². The van der Waals surface area contributed by atoms with Gasteiger partial charge in [0.25, 0.3) is 15.9 Å². The van der Waals surface area contributed by atoms with E-state index in [1.807, 2.05) is 44.2 Å². The maximum atomic E-state index is 13.6. The summed E-state index contributed by atoms with van der Waals surface area (Å²) >= 11 is 0. The molecule has 0 aliphatic heterocycles. The van der Waals surface area contributed by atoms with Crippen molar-refractivity contribution in [3.8, 4) is 0 Å². The van der Waals surface area contributed by atoms with Crippen molar-refractivity contribution in [3.63, 3.8) is 0 Å². The second-order valence-corrected chi connectivity index (χ2v) is 8.95. The van der Waals surface area contributed by atoms with Gasteiger partial charge in [-0.15, -0.1) is 0 Å². The topological polar surface area (TPSA) is 66.5 Å². The Morgan fingerprint density at radius 3 is 2.20 bits per heavy atom. The minimum absolute atomic E-state index is 0.120. The third-order valence-electron chi connectivity index (χ3n) is 4.73. The van der Waals surface area contributed by atoms with Crippen LogP contribution in [0.1, 0.15) is 34.8 Å². The smallest absolute Gasteiger partial charge is 0.264 e. The number of amides is 1. The van der Waals surface area contributed by atoms with E-state index in [0.717, 1.165) is 17.5 Å². The van der Waals surface area contributed by atoms with Crippen molar-refractivity contribution in [1.29, 1.82) is 0 Å². The molecular weight excluding hydrogens is 396 g/mol. The highest BCUT2D eigenvalue weighted by molar-refractivity contribution is 7.92. The molecule has 3 rings (SSSR count). The van der Waals surface area contributed by atoms with E-state index >= 15 is 0 Å². The fourth-order valence-corrected chi connectivity index (χ4v) is 4.57. The largest absolute Gasteiger partial charge is 0.352 e. The molecule has 0 atom stereocenters. The van der Waals surface area contributed by atoms with Crippen molar-refractivity contribution in [1.82, 2.24) is 5.32 Å². The summed E-state index contributed by atoms with van der Waals surface area (Å²) in [6, 6.07) is 22.9. The summed E-state index contributed by atoms with van der Waals surface area (Å²) < 4.78 is 28.6. The van der Waals surface area contributed by atoms with Gasteiger partial charge in [-0.3, -0.25) is 9.10 Å². The number of rotatable bonds is 8. The summed E-state index contributed by atoms with van der Waals surface area (Å²) in [4.78, 5) is 12.9. The van der Waals surface area contributed by atoms with Gasteiger partial charge in [-0.1, -0.05) is 67.1 Å². The van der Waals surface area contributed by atoms with Crippen LogP contribution in [0.5, 0.6) is 0 Å². The third-order valence-corrected chi connectivity index (χ3v) is 6.50. The van der Waals surface area contributed by atoms with Crippen LogP contribution in [0.25, 0.3) is 0 Å². The molecule has 1 amide bonds. The van der Waals surface area contributed by atoms with Crippen LogP contribution in [0.4, 0.5) is 5.69 Å².